The standard InChI is InChI=1S/C17H25N5O2S/c1-12-15(5-7-22(12)11-18)16(23)20-17-19-8-14(25-17)9-21-6-3-4-13(21)10-24-2/h8,12-13,15H,3-7,9-10H2,1-2H3,(H,19,20,23)/t12?,13-,15?/m1/s1. The number of rotatable bonds is 6. The molecular formula is C17H25N5O2S. The van der Waals surface area contributed by atoms with Crippen LogP contribution >= 0.6 is 11.3 Å². The van der Waals surface area contributed by atoms with Crippen LogP contribution in [0.5, 0.6) is 0 Å². The van der Waals surface area contributed by atoms with E-state index in [4.69, 9.17) is 10.00 Å². The van der Waals surface area contributed by atoms with Crippen LogP contribution in [0.4, 0.5) is 5.13 Å². The highest BCUT2D eigenvalue weighted by Gasteiger charge is 2.35. The number of hydrogen-bond acceptors (Lipinski definition) is 7. The lowest BCUT2D eigenvalue weighted by atomic mass is 10.0. The van der Waals surface area contributed by atoms with Crippen LogP contribution in [0.3, 0.4) is 0 Å². The molecule has 1 aromatic rings. The molecule has 3 rings (SSSR count). The molecule has 136 valence electrons. The van der Waals surface area contributed by atoms with Crippen LogP contribution in [-0.4, -0.2) is 59.6 Å². The number of hydrogen-bond donors (Lipinski definition) is 1. The number of carbonyl (C=O) groups is 1. The molecule has 25 heavy (non-hydrogen) atoms. The van der Waals surface area contributed by atoms with Gasteiger partial charge in [0, 0.05) is 43.4 Å². The minimum atomic E-state index is -0.156. The average Bonchev–Trinajstić information content (AvgIpc) is 3.30. The van der Waals surface area contributed by atoms with E-state index in [0.29, 0.717) is 24.1 Å². The van der Waals surface area contributed by atoms with Crippen LogP contribution in [0.1, 0.15) is 31.1 Å². The van der Waals surface area contributed by atoms with Gasteiger partial charge in [-0.05, 0) is 32.7 Å². The molecular weight excluding hydrogens is 338 g/mol. The number of nitrogens with zero attached hydrogens (tertiary/aromatic N) is 4. The number of methoxy groups -OCH3 is 1. The van der Waals surface area contributed by atoms with Crippen molar-refractivity contribution < 1.29 is 9.53 Å². The lowest BCUT2D eigenvalue weighted by Gasteiger charge is -2.22. The monoisotopic (exact) mass is 363 g/mol. The van der Waals surface area contributed by atoms with E-state index < -0.39 is 0 Å². The number of thiazole rings is 1. The molecule has 3 heterocycles. The third-order valence-corrected chi connectivity index (χ3v) is 6.12. The molecule has 1 N–H and O–H groups in total. The van der Waals surface area contributed by atoms with Crippen molar-refractivity contribution in [3.63, 3.8) is 0 Å². The van der Waals surface area contributed by atoms with Crippen molar-refractivity contribution in [3.8, 4) is 6.19 Å². The molecule has 0 spiro atoms. The maximum Gasteiger partial charge on any atom is 0.231 e. The molecule has 2 aliphatic heterocycles. The Balaban J connectivity index is 1.55. The number of ether oxygens (including phenoxy) is 1. The topological polar surface area (TPSA) is 81.5 Å². The Morgan fingerprint density at radius 1 is 1.52 bits per heavy atom. The Hall–Kier alpha value is -1.69. The minimum absolute atomic E-state index is 0.0374. The van der Waals surface area contributed by atoms with Crippen molar-refractivity contribution in [2.24, 2.45) is 5.92 Å². The maximum absolute atomic E-state index is 12.5. The SMILES string of the molecule is COC[C@H]1CCCN1Cc1cnc(NC(=O)C2CCN(C#N)C2C)s1. The Kier molecular flexibility index (Phi) is 5.89. The van der Waals surface area contributed by atoms with Crippen LogP contribution in [0.15, 0.2) is 6.20 Å². The molecule has 8 heteroatoms. The number of nitrogens with one attached hydrogen (secondary N) is 1. The van der Waals surface area contributed by atoms with Crippen LogP contribution in [0, 0.1) is 17.4 Å². The minimum Gasteiger partial charge on any atom is -0.383 e. The Bertz CT molecular complexity index is 643. The summed E-state index contributed by atoms with van der Waals surface area (Å²) in [6.45, 7) is 5.27. The van der Waals surface area contributed by atoms with Gasteiger partial charge >= 0.3 is 0 Å². The third-order valence-electron chi connectivity index (χ3n) is 5.22. The van der Waals surface area contributed by atoms with Gasteiger partial charge in [-0.3, -0.25) is 9.69 Å². The lowest BCUT2D eigenvalue weighted by molar-refractivity contribution is -0.120. The maximum atomic E-state index is 12.5. The van der Waals surface area contributed by atoms with Gasteiger partial charge in [-0.25, -0.2) is 4.98 Å². The second kappa shape index (κ2) is 8.13. The highest BCUT2D eigenvalue weighted by atomic mass is 32.1. The predicted octanol–water partition coefficient (Wildman–Crippen LogP) is 1.88. The van der Waals surface area contributed by atoms with Crippen molar-refractivity contribution in [1.29, 1.82) is 5.26 Å². The lowest BCUT2D eigenvalue weighted by Crippen LogP contribution is -2.33. The van der Waals surface area contributed by atoms with E-state index in [1.807, 2.05) is 13.1 Å². The van der Waals surface area contributed by atoms with E-state index in [0.717, 1.165) is 24.6 Å². The molecule has 0 saturated carbocycles. The molecule has 3 atom stereocenters. The van der Waals surface area contributed by atoms with Gasteiger partial charge < -0.3 is 15.0 Å². The van der Waals surface area contributed by atoms with Crippen molar-refractivity contribution in [1.82, 2.24) is 14.8 Å². The van der Waals surface area contributed by atoms with Gasteiger partial charge in [0.25, 0.3) is 0 Å². The van der Waals surface area contributed by atoms with Crippen molar-refractivity contribution in [3.05, 3.63) is 11.1 Å². The first-order chi connectivity index (χ1) is 12.1. The Labute approximate surface area is 152 Å². The van der Waals surface area contributed by atoms with E-state index in [1.54, 1.807) is 12.0 Å². The Morgan fingerprint density at radius 3 is 3.08 bits per heavy atom. The quantitative estimate of drug-likeness (QED) is 0.777. The third kappa shape index (κ3) is 4.11. The number of carbonyl (C=O) groups excluding carboxylic acids is 1. The van der Waals surface area contributed by atoms with Gasteiger partial charge in [-0.1, -0.05) is 0 Å². The predicted molar refractivity (Wildman–Crippen MR) is 95.9 cm³/mol. The zero-order valence-corrected chi connectivity index (χ0v) is 15.6. The van der Waals surface area contributed by atoms with Gasteiger partial charge in [-0.2, -0.15) is 5.26 Å². The van der Waals surface area contributed by atoms with Crippen LogP contribution in [0.2, 0.25) is 0 Å². The first-order valence-electron chi connectivity index (χ1n) is 8.77. The summed E-state index contributed by atoms with van der Waals surface area (Å²) in [7, 11) is 1.74. The molecule has 2 fully saturated rings. The van der Waals surface area contributed by atoms with Crippen molar-refractivity contribution in [2.75, 3.05) is 32.1 Å². The fraction of sp³-hybridized carbons (Fsp3) is 0.706. The fourth-order valence-corrected chi connectivity index (χ4v) is 4.59. The molecule has 7 nitrogen and oxygen atoms in total. The van der Waals surface area contributed by atoms with Crippen LogP contribution < -0.4 is 5.32 Å². The molecule has 0 aliphatic carbocycles. The summed E-state index contributed by atoms with van der Waals surface area (Å²) in [6.07, 6.45) is 7.08. The average molecular weight is 363 g/mol. The number of nitriles is 1. The molecule has 2 unspecified atom stereocenters. The first kappa shape index (κ1) is 18.1. The largest absolute Gasteiger partial charge is 0.383 e. The number of anilines is 1. The van der Waals surface area contributed by atoms with Gasteiger partial charge in [-0.15, -0.1) is 11.3 Å². The molecule has 0 radical (unpaired) electrons. The molecule has 2 aliphatic rings. The van der Waals surface area contributed by atoms with Gasteiger partial charge in [0.05, 0.1) is 12.5 Å². The highest BCUT2D eigenvalue weighted by molar-refractivity contribution is 7.15. The summed E-state index contributed by atoms with van der Waals surface area (Å²) in [5.74, 6) is -0.193. The first-order valence-corrected chi connectivity index (χ1v) is 9.59. The number of likely N-dealkylation sites (tertiary alicyclic amines) is 2. The molecule has 2 saturated heterocycles. The van der Waals surface area contributed by atoms with Gasteiger partial charge in [0.15, 0.2) is 11.3 Å². The molecule has 1 amide bonds. The fourth-order valence-electron chi connectivity index (χ4n) is 3.75. The zero-order chi connectivity index (χ0) is 17.8. The van der Waals surface area contributed by atoms with Crippen molar-refractivity contribution >= 4 is 22.4 Å². The van der Waals surface area contributed by atoms with E-state index in [-0.39, 0.29) is 17.9 Å². The zero-order valence-electron chi connectivity index (χ0n) is 14.8. The molecule has 0 bridgehead atoms. The smallest absolute Gasteiger partial charge is 0.231 e. The summed E-state index contributed by atoms with van der Waals surface area (Å²) in [6, 6.07) is 0.422. The van der Waals surface area contributed by atoms with Crippen LogP contribution in [0.25, 0.3) is 0 Å². The highest BCUT2D eigenvalue weighted by Crippen LogP contribution is 2.28. The number of amides is 1. The van der Waals surface area contributed by atoms with Crippen molar-refractivity contribution in [2.45, 2.75) is 44.8 Å². The Morgan fingerprint density at radius 2 is 2.36 bits per heavy atom. The van der Waals surface area contributed by atoms with E-state index in [9.17, 15) is 4.79 Å². The summed E-state index contributed by atoms with van der Waals surface area (Å²) in [5, 5.41) is 12.6. The summed E-state index contributed by atoms with van der Waals surface area (Å²) < 4.78 is 5.30. The van der Waals surface area contributed by atoms with Gasteiger partial charge in [0.2, 0.25) is 5.91 Å². The summed E-state index contributed by atoms with van der Waals surface area (Å²) in [5.41, 5.74) is 0. The second-order valence-corrected chi connectivity index (χ2v) is 7.89. The van der Waals surface area contributed by atoms with E-state index in [1.165, 1.54) is 24.2 Å². The van der Waals surface area contributed by atoms with E-state index in [2.05, 4.69) is 21.4 Å². The molecule has 0 aromatic carbocycles. The summed E-state index contributed by atoms with van der Waals surface area (Å²) in [4.78, 5) is 22.1. The second-order valence-electron chi connectivity index (χ2n) is 6.77. The molecule has 1 aromatic heterocycles. The van der Waals surface area contributed by atoms with Gasteiger partial charge in [0.1, 0.15) is 0 Å². The number of aromatic nitrogens is 1. The summed E-state index contributed by atoms with van der Waals surface area (Å²) >= 11 is 1.53. The van der Waals surface area contributed by atoms with Crippen LogP contribution in [-0.2, 0) is 16.1 Å². The normalized spacial score (nSPS) is 26.8. The van der Waals surface area contributed by atoms with E-state index >= 15 is 0 Å².